The number of pyridine rings is 1. The Labute approximate surface area is 135 Å². The summed E-state index contributed by atoms with van der Waals surface area (Å²) in [7, 11) is 0. The second kappa shape index (κ2) is 8.30. The fraction of sp³-hybridized carbons (Fsp3) is 0.600. The molecule has 8 heteroatoms. The fourth-order valence-corrected chi connectivity index (χ4v) is 2.52. The molecule has 2 heterocycles. The monoisotopic (exact) mass is 322 g/mol. The van der Waals surface area contributed by atoms with Gasteiger partial charge in [0.25, 0.3) is 0 Å². The number of nitrogens with zero attached hydrogens (tertiary/aromatic N) is 3. The first kappa shape index (κ1) is 17.0. The van der Waals surface area contributed by atoms with Crippen LogP contribution in [0.3, 0.4) is 0 Å². The molecule has 1 aromatic rings. The van der Waals surface area contributed by atoms with Crippen LogP contribution in [0.25, 0.3) is 0 Å². The Bertz CT molecular complexity index is 535. The Kier molecular flexibility index (Phi) is 6.13. The van der Waals surface area contributed by atoms with Crippen molar-refractivity contribution in [3.8, 4) is 0 Å². The van der Waals surface area contributed by atoms with E-state index in [9.17, 15) is 14.9 Å². The number of amides is 1. The van der Waals surface area contributed by atoms with Crippen LogP contribution in [0, 0.1) is 10.1 Å². The summed E-state index contributed by atoms with van der Waals surface area (Å²) in [6.07, 6.45) is 4.78. The molecular formula is C15H22N4O4. The lowest BCUT2D eigenvalue weighted by Gasteiger charge is -2.33. The van der Waals surface area contributed by atoms with Gasteiger partial charge in [0.2, 0.25) is 0 Å². The van der Waals surface area contributed by atoms with Crippen molar-refractivity contribution in [3.05, 3.63) is 28.4 Å². The number of ether oxygens (including phenoxy) is 1. The zero-order chi connectivity index (χ0) is 16.7. The van der Waals surface area contributed by atoms with Crippen LogP contribution in [0.1, 0.15) is 32.6 Å². The van der Waals surface area contributed by atoms with Gasteiger partial charge >= 0.3 is 11.9 Å². The number of unbranched alkanes of at least 4 members (excludes halogenated alkanes) is 1. The quantitative estimate of drug-likeness (QED) is 0.491. The molecule has 0 bridgehead atoms. The minimum Gasteiger partial charge on any atom is -0.450 e. The van der Waals surface area contributed by atoms with Gasteiger partial charge in [-0.1, -0.05) is 13.3 Å². The molecule has 1 fully saturated rings. The maximum atomic E-state index is 11.7. The third-order valence-electron chi connectivity index (χ3n) is 3.76. The van der Waals surface area contributed by atoms with Crippen molar-refractivity contribution >= 4 is 17.6 Å². The Hall–Kier alpha value is -2.38. The Morgan fingerprint density at radius 3 is 3.04 bits per heavy atom. The lowest BCUT2D eigenvalue weighted by molar-refractivity contribution is -0.389. The highest BCUT2D eigenvalue weighted by atomic mass is 16.6. The summed E-state index contributed by atoms with van der Waals surface area (Å²) in [4.78, 5) is 27.7. The molecule has 1 aliphatic heterocycles. The number of carbonyl (C=O) groups excluding carboxylic acids is 1. The van der Waals surface area contributed by atoms with Crippen LogP contribution in [0.2, 0.25) is 0 Å². The minimum absolute atomic E-state index is 0.00747. The first-order chi connectivity index (χ1) is 11.1. The highest BCUT2D eigenvalue weighted by Gasteiger charge is 2.23. The van der Waals surface area contributed by atoms with Crippen LogP contribution in [-0.4, -0.2) is 41.7 Å². The van der Waals surface area contributed by atoms with Crippen molar-refractivity contribution in [1.82, 2.24) is 10.3 Å². The first-order valence-electron chi connectivity index (χ1n) is 7.89. The number of anilines is 1. The summed E-state index contributed by atoms with van der Waals surface area (Å²) in [5.41, 5.74) is 0.821. The number of aromatic nitrogens is 1. The third kappa shape index (κ3) is 5.08. The molecule has 8 nitrogen and oxygen atoms in total. The molecule has 0 unspecified atom stereocenters. The van der Waals surface area contributed by atoms with Gasteiger partial charge in [-0.05, 0) is 35.2 Å². The van der Waals surface area contributed by atoms with Crippen LogP contribution < -0.4 is 10.2 Å². The first-order valence-corrected chi connectivity index (χ1v) is 7.89. The maximum absolute atomic E-state index is 11.7. The Morgan fingerprint density at radius 2 is 2.39 bits per heavy atom. The van der Waals surface area contributed by atoms with Gasteiger partial charge in [0.1, 0.15) is 0 Å². The van der Waals surface area contributed by atoms with Crippen LogP contribution in [0.15, 0.2) is 18.3 Å². The van der Waals surface area contributed by atoms with Crippen LogP contribution in [0.4, 0.5) is 16.3 Å². The molecule has 0 saturated carbocycles. The molecular weight excluding hydrogens is 300 g/mol. The minimum atomic E-state index is -0.517. The molecule has 23 heavy (non-hydrogen) atoms. The predicted octanol–water partition coefficient (Wildman–Crippen LogP) is 2.48. The second-order valence-corrected chi connectivity index (χ2v) is 5.55. The summed E-state index contributed by atoms with van der Waals surface area (Å²) < 4.78 is 5.11. The van der Waals surface area contributed by atoms with E-state index in [4.69, 9.17) is 4.74 Å². The van der Waals surface area contributed by atoms with E-state index in [2.05, 4.69) is 15.2 Å². The Balaban J connectivity index is 1.87. The van der Waals surface area contributed by atoms with Gasteiger partial charge < -0.3 is 25.1 Å². The number of hydrogen-bond acceptors (Lipinski definition) is 6. The number of alkyl carbamates (subject to hydrolysis) is 1. The summed E-state index contributed by atoms with van der Waals surface area (Å²) in [5, 5.41) is 13.5. The Morgan fingerprint density at radius 1 is 1.57 bits per heavy atom. The van der Waals surface area contributed by atoms with Crippen molar-refractivity contribution < 1.29 is 14.5 Å². The van der Waals surface area contributed by atoms with Crippen LogP contribution in [-0.2, 0) is 4.74 Å². The summed E-state index contributed by atoms with van der Waals surface area (Å²) in [6.45, 7) is 3.95. The molecule has 0 aliphatic carbocycles. The zero-order valence-corrected chi connectivity index (χ0v) is 13.2. The average molecular weight is 322 g/mol. The summed E-state index contributed by atoms with van der Waals surface area (Å²) >= 11 is 0. The molecule has 0 aromatic carbocycles. The van der Waals surface area contributed by atoms with E-state index in [-0.39, 0.29) is 18.0 Å². The normalized spacial score (nSPS) is 17.6. The maximum Gasteiger partial charge on any atom is 0.407 e. The van der Waals surface area contributed by atoms with Crippen molar-refractivity contribution in [2.75, 3.05) is 24.6 Å². The zero-order valence-electron chi connectivity index (χ0n) is 13.2. The molecule has 1 aliphatic rings. The highest BCUT2D eigenvalue weighted by molar-refractivity contribution is 5.67. The van der Waals surface area contributed by atoms with E-state index in [1.54, 1.807) is 6.07 Å². The van der Waals surface area contributed by atoms with Crippen LogP contribution >= 0.6 is 0 Å². The smallest absolute Gasteiger partial charge is 0.407 e. The van der Waals surface area contributed by atoms with Crippen molar-refractivity contribution in [2.45, 2.75) is 38.6 Å². The van der Waals surface area contributed by atoms with Crippen molar-refractivity contribution in [1.29, 1.82) is 0 Å². The largest absolute Gasteiger partial charge is 0.450 e. The standard InChI is InChI=1S/C15H22N4O4/c1-2-3-9-23-15(20)17-12-5-4-8-18(11-12)13-6-7-14(16-10-13)19(21)22/h6-7,10,12H,2-5,8-9,11H2,1H3,(H,17,20)/t12-/m0/s1. The number of nitrogens with one attached hydrogen (secondary N) is 1. The van der Waals surface area contributed by atoms with E-state index in [0.29, 0.717) is 13.2 Å². The number of carbonyl (C=O) groups is 1. The molecule has 0 spiro atoms. The fourth-order valence-electron chi connectivity index (χ4n) is 2.52. The van der Waals surface area contributed by atoms with Gasteiger partial charge in [-0.3, -0.25) is 0 Å². The number of piperidine rings is 1. The van der Waals surface area contributed by atoms with Gasteiger partial charge in [-0.2, -0.15) is 0 Å². The van der Waals surface area contributed by atoms with Gasteiger partial charge in [-0.15, -0.1) is 0 Å². The predicted molar refractivity (Wildman–Crippen MR) is 85.5 cm³/mol. The number of nitro groups is 1. The SMILES string of the molecule is CCCCOC(=O)N[C@H]1CCCN(c2ccc([N+](=O)[O-])nc2)C1. The highest BCUT2D eigenvalue weighted by Crippen LogP contribution is 2.21. The average Bonchev–Trinajstić information content (AvgIpc) is 2.55. The molecule has 2 rings (SSSR count). The molecule has 1 aromatic heterocycles. The van der Waals surface area contributed by atoms with Gasteiger partial charge in [0.05, 0.1) is 12.3 Å². The molecule has 1 amide bonds. The second-order valence-electron chi connectivity index (χ2n) is 5.55. The van der Waals surface area contributed by atoms with Crippen molar-refractivity contribution in [2.24, 2.45) is 0 Å². The van der Waals surface area contributed by atoms with Gasteiger partial charge in [0.15, 0.2) is 6.20 Å². The van der Waals surface area contributed by atoms with E-state index < -0.39 is 4.92 Å². The summed E-state index contributed by atoms with van der Waals surface area (Å²) in [6, 6.07) is 3.09. The van der Waals surface area contributed by atoms with E-state index >= 15 is 0 Å². The van der Waals surface area contributed by atoms with E-state index in [1.165, 1.54) is 12.3 Å². The van der Waals surface area contributed by atoms with Gasteiger partial charge in [-0.25, -0.2) is 4.79 Å². The van der Waals surface area contributed by atoms with Crippen LogP contribution in [0.5, 0.6) is 0 Å². The van der Waals surface area contributed by atoms with Crippen molar-refractivity contribution in [3.63, 3.8) is 0 Å². The molecule has 1 saturated heterocycles. The van der Waals surface area contributed by atoms with E-state index in [1.807, 2.05) is 6.92 Å². The topological polar surface area (TPSA) is 97.6 Å². The van der Waals surface area contributed by atoms with E-state index in [0.717, 1.165) is 37.9 Å². The molecule has 1 atom stereocenters. The molecule has 0 radical (unpaired) electrons. The third-order valence-corrected chi connectivity index (χ3v) is 3.76. The summed E-state index contributed by atoms with van der Waals surface area (Å²) in [5.74, 6) is -0.167. The number of rotatable bonds is 6. The lowest BCUT2D eigenvalue weighted by atomic mass is 10.1. The molecule has 1 N–H and O–H groups in total. The van der Waals surface area contributed by atoms with Gasteiger partial charge in [0, 0.05) is 25.2 Å². The lowest BCUT2D eigenvalue weighted by Crippen LogP contribution is -2.48. The number of hydrogen-bond donors (Lipinski definition) is 1. The molecule has 126 valence electrons.